The third-order valence-electron chi connectivity index (χ3n) is 0.807. The monoisotopic (exact) mass is 127 g/mol. The summed E-state index contributed by atoms with van der Waals surface area (Å²) in [4.78, 5) is 3.97. The van der Waals surface area contributed by atoms with Crippen LogP contribution in [-0.2, 0) is 6.42 Å². The van der Waals surface area contributed by atoms with E-state index >= 15 is 0 Å². The molecule has 3 heteroatoms. The molecule has 0 saturated carbocycles. The van der Waals surface area contributed by atoms with Gasteiger partial charge in [-0.3, -0.25) is 0 Å². The van der Waals surface area contributed by atoms with Crippen molar-refractivity contribution >= 4 is 11.5 Å². The van der Waals surface area contributed by atoms with Gasteiger partial charge in [-0.1, -0.05) is 6.92 Å². The Morgan fingerprint density at radius 1 is 1.75 bits per heavy atom. The number of hydrogen-bond acceptors (Lipinski definition) is 3. The summed E-state index contributed by atoms with van der Waals surface area (Å²) in [7, 11) is 0. The molecule has 0 aromatic carbocycles. The fourth-order valence-corrected chi connectivity index (χ4v) is 0.937. The largest absolute Gasteiger partial charge is 0.228 e. The van der Waals surface area contributed by atoms with Gasteiger partial charge in [0, 0.05) is 6.42 Å². The van der Waals surface area contributed by atoms with Crippen LogP contribution in [0.15, 0.2) is 5.51 Å². The Morgan fingerprint density at radius 3 is 3.12 bits per heavy atom. The molecule has 2 nitrogen and oxygen atoms in total. The minimum Gasteiger partial charge on any atom is -0.228 e. The molecule has 0 N–H and O–H groups in total. The highest BCUT2D eigenvalue weighted by molar-refractivity contribution is 7.03. The quantitative estimate of drug-likeness (QED) is 0.598. The van der Waals surface area contributed by atoms with E-state index in [1.165, 1.54) is 11.5 Å². The molecular formula is C5H7N2S. The number of aromatic nitrogens is 2. The first-order valence-corrected chi connectivity index (χ1v) is 3.31. The van der Waals surface area contributed by atoms with E-state index in [0.29, 0.717) is 0 Å². The molecule has 0 unspecified atom stereocenters. The van der Waals surface area contributed by atoms with Crippen LogP contribution in [0.5, 0.6) is 0 Å². The summed E-state index contributed by atoms with van der Waals surface area (Å²) in [6, 6.07) is 0. The van der Waals surface area contributed by atoms with E-state index < -0.39 is 0 Å². The Bertz CT molecular complexity index is 136. The van der Waals surface area contributed by atoms with Crippen LogP contribution in [0.25, 0.3) is 0 Å². The minimum atomic E-state index is 0.886. The van der Waals surface area contributed by atoms with Crippen LogP contribution < -0.4 is 0 Å². The maximum Gasteiger partial charge on any atom is 0.142 e. The molecular weight excluding hydrogens is 120 g/mol. The molecule has 0 saturated heterocycles. The summed E-state index contributed by atoms with van der Waals surface area (Å²) < 4.78 is 4.00. The SMILES string of the molecule is [CH2]CCc1ncsn1. The number of rotatable bonds is 2. The number of nitrogens with zero attached hydrogens (tertiary/aromatic N) is 2. The van der Waals surface area contributed by atoms with Crippen LogP contribution in [0.1, 0.15) is 12.2 Å². The number of hydrogen-bond donors (Lipinski definition) is 0. The molecule has 0 amide bonds. The van der Waals surface area contributed by atoms with E-state index in [1.54, 1.807) is 5.51 Å². The van der Waals surface area contributed by atoms with Crippen molar-refractivity contribution in [3.8, 4) is 0 Å². The Morgan fingerprint density at radius 2 is 2.62 bits per heavy atom. The number of aryl methyl sites for hydroxylation is 1. The zero-order valence-electron chi connectivity index (χ0n) is 4.50. The van der Waals surface area contributed by atoms with Crippen LogP contribution in [0.4, 0.5) is 0 Å². The maximum absolute atomic E-state index is 4.00. The standard InChI is InChI=1S/C5H7N2S/c1-2-3-5-6-4-8-7-5/h4H,1-3H2. The van der Waals surface area contributed by atoms with Gasteiger partial charge in [0.1, 0.15) is 11.3 Å². The van der Waals surface area contributed by atoms with Crippen LogP contribution in [0.3, 0.4) is 0 Å². The fraction of sp³-hybridized carbons (Fsp3) is 0.400. The van der Waals surface area contributed by atoms with Crippen molar-refractivity contribution in [1.29, 1.82) is 0 Å². The topological polar surface area (TPSA) is 25.8 Å². The molecule has 1 rings (SSSR count). The summed E-state index contributed by atoms with van der Waals surface area (Å²) in [5, 5.41) is 0. The smallest absolute Gasteiger partial charge is 0.142 e. The lowest BCUT2D eigenvalue weighted by atomic mass is 10.3. The third kappa shape index (κ3) is 1.26. The maximum atomic E-state index is 4.00. The van der Waals surface area contributed by atoms with Gasteiger partial charge in [-0.25, -0.2) is 4.98 Å². The molecule has 1 radical (unpaired) electrons. The first-order valence-electron chi connectivity index (χ1n) is 2.48. The molecule has 0 bridgehead atoms. The van der Waals surface area contributed by atoms with E-state index in [1.807, 2.05) is 0 Å². The second-order valence-electron chi connectivity index (χ2n) is 1.45. The zero-order chi connectivity index (χ0) is 5.82. The molecule has 8 heavy (non-hydrogen) atoms. The van der Waals surface area contributed by atoms with Crippen molar-refractivity contribution in [2.24, 2.45) is 0 Å². The van der Waals surface area contributed by atoms with E-state index in [9.17, 15) is 0 Å². The molecule has 43 valence electrons. The van der Waals surface area contributed by atoms with Crippen LogP contribution in [0, 0.1) is 6.92 Å². The molecule has 0 aliphatic rings. The average molecular weight is 127 g/mol. The van der Waals surface area contributed by atoms with Crippen molar-refractivity contribution in [2.45, 2.75) is 12.8 Å². The van der Waals surface area contributed by atoms with Gasteiger partial charge < -0.3 is 0 Å². The van der Waals surface area contributed by atoms with E-state index in [0.717, 1.165) is 18.7 Å². The van der Waals surface area contributed by atoms with Crippen molar-refractivity contribution in [3.63, 3.8) is 0 Å². The van der Waals surface area contributed by atoms with Gasteiger partial charge in [0.05, 0.1) is 0 Å². The fourth-order valence-electron chi connectivity index (χ4n) is 0.461. The molecule has 0 atom stereocenters. The highest BCUT2D eigenvalue weighted by Gasteiger charge is 1.90. The van der Waals surface area contributed by atoms with Crippen molar-refractivity contribution in [3.05, 3.63) is 18.3 Å². The van der Waals surface area contributed by atoms with Crippen LogP contribution >= 0.6 is 11.5 Å². The summed E-state index contributed by atoms with van der Waals surface area (Å²) in [6.07, 6.45) is 1.79. The summed E-state index contributed by atoms with van der Waals surface area (Å²) >= 11 is 1.39. The predicted octanol–water partition coefficient (Wildman–Crippen LogP) is 1.30. The van der Waals surface area contributed by atoms with Crippen molar-refractivity contribution in [2.75, 3.05) is 0 Å². The summed E-state index contributed by atoms with van der Waals surface area (Å²) in [6.45, 7) is 3.69. The van der Waals surface area contributed by atoms with Gasteiger partial charge in [0.25, 0.3) is 0 Å². The predicted molar refractivity (Wildman–Crippen MR) is 33.6 cm³/mol. The molecule has 0 spiro atoms. The van der Waals surface area contributed by atoms with E-state index in [2.05, 4.69) is 16.3 Å². The highest BCUT2D eigenvalue weighted by Crippen LogP contribution is 1.95. The van der Waals surface area contributed by atoms with Gasteiger partial charge in [0.15, 0.2) is 0 Å². The Kier molecular flexibility index (Phi) is 1.97. The summed E-state index contributed by atoms with van der Waals surface area (Å²) in [5.41, 5.74) is 1.74. The first kappa shape index (κ1) is 5.69. The highest BCUT2D eigenvalue weighted by atomic mass is 32.1. The Balaban J connectivity index is 2.50. The van der Waals surface area contributed by atoms with E-state index in [4.69, 9.17) is 0 Å². The average Bonchev–Trinajstić information content (AvgIpc) is 2.19. The third-order valence-corrected chi connectivity index (χ3v) is 1.32. The second kappa shape index (κ2) is 2.77. The first-order chi connectivity index (χ1) is 3.93. The van der Waals surface area contributed by atoms with Crippen molar-refractivity contribution < 1.29 is 0 Å². The zero-order valence-corrected chi connectivity index (χ0v) is 5.32. The second-order valence-corrected chi connectivity index (χ2v) is 2.06. The normalized spacial score (nSPS) is 9.62. The molecule has 1 aromatic heterocycles. The molecule has 0 aliphatic carbocycles. The Labute approximate surface area is 52.7 Å². The van der Waals surface area contributed by atoms with Gasteiger partial charge in [-0.05, 0) is 18.0 Å². The molecule has 1 heterocycles. The van der Waals surface area contributed by atoms with Crippen LogP contribution in [-0.4, -0.2) is 9.36 Å². The van der Waals surface area contributed by atoms with Gasteiger partial charge in [0.2, 0.25) is 0 Å². The molecule has 0 aliphatic heterocycles. The van der Waals surface area contributed by atoms with Gasteiger partial charge >= 0.3 is 0 Å². The lowest BCUT2D eigenvalue weighted by molar-refractivity contribution is 0.914. The lowest BCUT2D eigenvalue weighted by Gasteiger charge is -1.82. The molecule has 0 fully saturated rings. The van der Waals surface area contributed by atoms with Crippen LogP contribution in [0.2, 0.25) is 0 Å². The lowest BCUT2D eigenvalue weighted by Crippen LogP contribution is -1.83. The van der Waals surface area contributed by atoms with Crippen molar-refractivity contribution in [1.82, 2.24) is 9.36 Å². The minimum absolute atomic E-state index is 0.886. The van der Waals surface area contributed by atoms with E-state index in [-0.39, 0.29) is 0 Å². The Hall–Kier alpha value is -0.440. The molecule has 1 aromatic rings. The summed E-state index contributed by atoms with van der Waals surface area (Å²) in [5.74, 6) is 0.921. The van der Waals surface area contributed by atoms with Gasteiger partial charge in [-0.2, -0.15) is 4.37 Å². The van der Waals surface area contributed by atoms with Gasteiger partial charge in [-0.15, -0.1) is 0 Å².